The molecule has 4 aromatic rings. The van der Waals surface area contributed by atoms with E-state index in [0.29, 0.717) is 11.9 Å². The standard InChI is InChI=1S/C27H27N5O2/c33-26(21-9-10-21)29-27-28-24-7-4-8-25(32(24)30-27)31-17-15-20(16-18-31)19-11-13-23(14-12-19)34-22-5-2-1-3-6-22/h1-8,11-14,20-21H,9-10,15-18H2,(H,29,30,33). The quantitative estimate of drug-likeness (QED) is 0.432. The van der Waals surface area contributed by atoms with Gasteiger partial charge in [0.1, 0.15) is 17.3 Å². The van der Waals surface area contributed by atoms with E-state index in [0.717, 1.165) is 61.7 Å². The first-order chi connectivity index (χ1) is 16.7. The first-order valence-corrected chi connectivity index (χ1v) is 12.0. The van der Waals surface area contributed by atoms with Crippen molar-refractivity contribution in [3.63, 3.8) is 0 Å². The molecule has 7 nitrogen and oxygen atoms in total. The normalized spacial score (nSPS) is 16.5. The number of benzene rings is 2. The van der Waals surface area contributed by atoms with Crippen LogP contribution in [0, 0.1) is 5.92 Å². The van der Waals surface area contributed by atoms with E-state index < -0.39 is 0 Å². The lowest BCUT2D eigenvalue weighted by Gasteiger charge is -2.33. The molecule has 0 bridgehead atoms. The predicted molar refractivity (Wildman–Crippen MR) is 131 cm³/mol. The van der Waals surface area contributed by atoms with Gasteiger partial charge in [-0.05, 0) is 73.6 Å². The van der Waals surface area contributed by atoms with Crippen LogP contribution in [0.4, 0.5) is 11.8 Å². The molecule has 7 heteroatoms. The number of aromatic nitrogens is 3. The monoisotopic (exact) mass is 453 g/mol. The Hall–Kier alpha value is -3.87. The maximum Gasteiger partial charge on any atom is 0.249 e. The summed E-state index contributed by atoms with van der Waals surface area (Å²) in [5.74, 6) is 3.78. The second kappa shape index (κ2) is 8.82. The fourth-order valence-corrected chi connectivity index (χ4v) is 4.62. The molecular weight excluding hydrogens is 426 g/mol. The Morgan fingerprint density at radius 3 is 2.32 bits per heavy atom. The summed E-state index contributed by atoms with van der Waals surface area (Å²) in [5.41, 5.74) is 2.10. The maximum atomic E-state index is 12.1. The van der Waals surface area contributed by atoms with Crippen molar-refractivity contribution in [1.29, 1.82) is 0 Å². The summed E-state index contributed by atoms with van der Waals surface area (Å²) >= 11 is 0. The number of anilines is 2. The van der Waals surface area contributed by atoms with Gasteiger partial charge in [0, 0.05) is 19.0 Å². The Bertz CT molecular complexity index is 1290. The zero-order chi connectivity index (χ0) is 22.9. The van der Waals surface area contributed by atoms with Gasteiger partial charge in [-0.15, -0.1) is 5.10 Å². The first-order valence-electron chi connectivity index (χ1n) is 12.0. The van der Waals surface area contributed by atoms with Gasteiger partial charge in [-0.1, -0.05) is 36.4 Å². The molecule has 1 aliphatic carbocycles. The number of pyridine rings is 1. The Balaban J connectivity index is 1.11. The number of hydrogen-bond acceptors (Lipinski definition) is 5. The van der Waals surface area contributed by atoms with Crippen LogP contribution in [0.3, 0.4) is 0 Å². The minimum absolute atomic E-state index is 0.0263. The van der Waals surface area contributed by atoms with Crippen molar-refractivity contribution < 1.29 is 9.53 Å². The summed E-state index contributed by atoms with van der Waals surface area (Å²) < 4.78 is 7.77. The molecule has 1 N–H and O–H groups in total. The number of ether oxygens (including phenoxy) is 1. The number of amides is 1. The van der Waals surface area contributed by atoms with E-state index in [4.69, 9.17) is 4.74 Å². The SMILES string of the molecule is O=C(Nc1nc2cccc(N3CCC(c4ccc(Oc5ccccc5)cc4)CC3)n2n1)C1CC1. The van der Waals surface area contributed by atoms with Gasteiger partial charge >= 0.3 is 0 Å². The molecular formula is C27H27N5O2. The third-order valence-corrected chi connectivity index (χ3v) is 6.67. The predicted octanol–water partition coefficient (Wildman–Crippen LogP) is 5.25. The van der Waals surface area contributed by atoms with Crippen molar-refractivity contribution in [2.24, 2.45) is 5.92 Å². The summed E-state index contributed by atoms with van der Waals surface area (Å²) in [6.45, 7) is 1.88. The number of fused-ring (bicyclic) bond motifs is 1. The minimum atomic E-state index is 0.0263. The van der Waals surface area contributed by atoms with Crippen molar-refractivity contribution in [1.82, 2.24) is 14.6 Å². The lowest BCUT2D eigenvalue weighted by atomic mass is 9.89. The molecule has 2 fully saturated rings. The number of carbonyl (C=O) groups is 1. The van der Waals surface area contributed by atoms with Gasteiger partial charge in [0.15, 0.2) is 5.65 Å². The zero-order valence-electron chi connectivity index (χ0n) is 18.9. The molecule has 1 aliphatic heterocycles. The molecule has 1 saturated heterocycles. The molecule has 0 radical (unpaired) electrons. The van der Waals surface area contributed by atoms with Crippen LogP contribution in [0.1, 0.15) is 37.2 Å². The van der Waals surface area contributed by atoms with Crippen LogP contribution in [-0.2, 0) is 4.79 Å². The molecule has 34 heavy (non-hydrogen) atoms. The molecule has 6 rings (SSSR count). The Labute approximate surface area is 198 Å². The molecule has 0 atom stereocenters. The summed E-state index contributed by atoms with van der Waals surface area (Å²) in [7, 11) is 0. The third kappa shape index (κ3) is 4.33. The lowest BCUT2D eigenvalue weighted by molar-refractivity contribution is -0.117. The molecule has 2 aliphatic rings. The summed E-state index contributed by atoms with van der Waals surface area (Å²) in [6.07, 6.45) is 4.05. The van der Waals surface area contributed by atoms with Crippen molar-refractivity contribution in [3.05, 3.63) is 78.4 Å². The highest BCUT2D eigenvalue weighted by Crippen LogP contribution is 2.33. The summed E-state index contributed by atoms with van der Waals surface area (Å²) in [5, 5.41) is 7.44. The van der Waals surface area contributed by atoms with Gasteiger partial charge in [0.05, 0.1) is 0 Å². The van der Waals surface area contributed by atoms with Crippen molar-refractivity contribution >= 4 is 23.3 Å². The zero-order valence-corrected chi connectivity index (χ0v) is 18.9. The summed E-state index contributed by atoms with van der Waals surface area (Å²) in [6, 6.07) is 24.3. The number of nitrogens with one attached hydrogen (secondary N) is 1. The highest BCUT2D eigenvalue weighted by molar-refractivity contribution is 5.92. The topological polar surface area (TPSA) is 71.8 Å². The van der Waals surface area contributed by atoms with Crippen molar-refractivity contribution in [2.45, 2.75) is 31.6 Å². The highest BCUT2D eigenvalue weighted by atomic mass is 16.5. The maximum absolute atomic E-state index is 12.1. The molecule has 1 amide bonds. The Kier molecular flexibility index (Phi) is 5.37. The van der Waals surface area contributed by atoms with Crippen LogP contribution < -0.4 is 15.0 Å². The number of nitrogens with zero attached hydrogens (tertiary/aromatic N) is 4. The van der Waals surface area contributed by atoms with Gasteiger partial charge < -0.3 is 9.64 Å². The number of hydrogen-bond donors (Lipinski definition) is 1. The van der Waals surface area contributed by atoms with Crippen LogP contribution in [-0.4, -0.2) is 33.6 Å². The molecule has 3 heterocycles. The van der Waals surface area contributed by atoms with E-state index in [1.54, 1.807) is 0 Å². The lowest BCUT2D eigenvalue weighted by Crippen LogP contribution is -2.34. The van der Waals surface area contributed by atoms with Crippen LogP contribution in [0.2, 0.25) is 0 Å². The molecule has 0 spiro atoms. The average Bonchev–Trinajstić information content (AvgIpc) is 3.65. The minimum Gasteiger partial charge on any atom is -0.457 e. The molecule has 1 saturated carbocycles. The number of piperidine rings is 1. The highest BCUT2D eigenvalue weighted by Gasteiger charge is 2.30. The number of rotatable bonds is 6. The average molecular weight is 454 g/mol. The molecule has 172 valence electrons. The first kappa shape index (κ1) is 20.7. The van der Waals surface area contributed by atoms with E-state index in [2.05, 4.69) is 50.6 Å². The second-order valence-electron chi connectivity index (χ2n) is 9.10. The van der Waals surface area contributed by atoms with E-state index in [-0.39, 0.29) is 11.8 Å². The fourth-order valence-electron chi connectivity index (χ4n) is 4.62. The van der Waals surface area contributed by atoms with Gasteiger partial charge in [0.2, 0.25) is 11.9 Å². The van der Waals surface area contributed by atoms with Gasteiger partial charge in [-0.3, -0.25) is 10.1 Å². The van der Waals surface area contributed by atoms with Crippen LogP contribution in [0.5, 0.6) is 11.5 Å². The fraction of sp³-hybridized carbons (Fsp3) is 0.296. The number of para-hydroxylation sites is 1. The van der Waals surface area contributed by atoms with Gasteiger partial charge in [-0.25, -0.2) is 0 Å². The third-order valence-electron chi connectivity index (χ3n) is 6.67. The molecule has 2 aromatic heterocycles. The Morgan fingerprint density at radius 1 is 0.853 bits per heavy atom. The van der Waals surface area contributed by atoms with E-state index in [9.17, 15) is 4.79 Å². The van der Waals surface area contributed by atoms with Crippen LogP contribution in [0.25, 0.3) is 5.65 Å². The van der Waals surface area contributed by atoms with E-state index in [1.165, 1.54) is 5.56 Å². The molecule has 0 unspecified atom stereocenters. The molecule has 2 aromatic carbocycles. The van der Waals surface area contributed by atoms with Gasteiger partial charge in [0.25, 0.3) is 0 Å². The van der Waals surface area contributed by atoms with E-state index in [1.807, 2.05) is 47.0 Å². The smallest absolute Gasteiger partial charge is 0.249 e. The Morgan fingerprint density at radius 2 is 1.59 bits per heavy atom. The van der Waals surface area contributed by atoms with E-state index >= 15 is 0 Å². The largest absolute Gasteiger partial charge is 0.457 e. The van der Waals surface area contributed by atoms with Crippen LogP contribution >= 0.6 is 0 Å². The van der Waals surface area contributed by atoms with Crippen molar-refractivity contribution in [2.75, 3.05) is 23.3 Å². The van der Waals surface area contributed by atoms with Crippen LogP contribution in [0.15, 0.2) is 72.8 Å². The second-order valence-corrected chi connectivity index (χ2v) is 9.10. The number of carbonyl (C=O) groups excluding carboxylic acids is 1. The van der Waals surface area contributed by atoms with Crippen molar-refractivity contribution in [3.8, 4) is 11.5 Å². The van der Waals surface area contributed by atoms with Gasteiger partial charge in [-0.2, -0.15) is 9.50 Å². The summed E-state index contributed by atoms with van der Waals surface area (Å²) in [4.78, 5) is 19.0.